The van der Waals surface area contributed by atoms with Crippen LogP contribution < -0.4 is 0 Å². The number of rotatable bonds is 3. The summed E-state index contributed by atoms with van der Waals surface area (Å²) in [5.74, 6) is 2.79. The summed E-state index contributed by atoms with van der Waals surface area (Å²) in [6.07, 6.45) is 5.43. The van der Waals surface area contributed by atoms with Crippen molar-refractivity contribution in [3.05, 3.63) is 0 Å². The molecule has 3 nitrogen and oxygen atoms in total. The molecule has 1 fully saturated rings. The molecule has 0 spiro atoms. The summed E-state index contributed by atoms with van der Waals surface area (Å²) in [6.45, 7) is 6.11. The molecule has 74 valence electrons. The summed E-state index contributed by atoms with van der Waals surface area (Å²) in [5.41, 5.74) is -0.120. The number of hydrogen-bond donors (Lipinski definition) is 0. The molecular weight excluding hydrogens is 164 g/mol. The molecule has 0 aliphatic carbocycles. The Morgan fingerprint density at radius 3 is 2.46 bits per heavy atom. The molecule has 13 heavy (non-hydrogen) atoms. The Labute approximate surface area is 80.6 Å². The quantitative estimate of drug-likeness (QED) is 0.469. The molecule has 0 saturated carbocycles. The average Bonchev–Trinajstić information content (AvgIpc) is 2.01. The number of hydrogen-bond acceptors (Lipinski definition) is 3. The van der Waals surface area contributed by atoms with Crippen molar-refractivity contribution in [2.24, 2.45) is 0 Å². The first-order valence-corrected chi connectivity index (χ1v) is 4.51. The monoisotopic (exact) mass is 182 g/mol. The molecule has 0 aromatic heterocycles. The number of hydroxylamine groups is 2. The Bertz CT molecular complexity index is 213. The minimum atomic E-state index is -0.120. The van der Waals surface area contributed by atoms with Crippen molar-refractivity contribution >= 4 is 0 Å². The van der Waals surface area contributed by atoms with Gasteiger partial charge in [0.15, 0.2) is 0 Å². The van der Waals surface area contributed by atoms with Crippen LogP contribution in [0.15, 0.2) is 0 Å². The molecular formula is C10H18N2O. The Morgan fingerprint density at radius 1 is 1.54 bits per heavy atom. The summed E-state index contributed by atoms with van der Waals surface area (Å²) in [7, 11) is 3.64. The maximum atomic E-state index is 5.43. The molecule has 0 aromatic rings. The van der Waals surface area contributed by atoms with Crippen molar-refractivity contribution < 1.29 is 4.84 Å². The van der Waals surface area contributed by atoms with Crippen LogP contribution in [-0.2, 0) is 4.84 Å². The van der Waals surface area contributed by atoms with Crippen molar-refractivity contribution in [1.29, 1.82) is 0 Å². The Hall–Kier alpha value is -0.560. The van der Waals surface area contributed by atoms with Crippen LogP contribution in [0.4, 0.5) is 0 Å². The largest absolute Gasteiger partial charge is 0.302 e. The molecule has 3 heteroatoms. The van der Waals surface area contributed by atoms with E-state index in [1.54, 1.807) is 7.11 Å². The van der Waals surface area contributed by atoms with Crippen molar-refractivity contribution in [1.82, 2.24) is 9.96 Å². The highest BCUT2D eigenvalue weighted by atomic mass is 16.7. The average molecular weight is 182 g/mol. The van der Waals surface area contributed by atoms with Crippen LogP contribution in [0.1, 0.15) is 13.8 Å². The third-order valence-corrected chi connectivity index (χ3v) is 2.81. The summed E-state index contributed by atoms with van der Waals surface area (Å²) in [4.78, 5) is 7.37. The second kappa shape index (κ2) is 3.67. The summed E-state index contributed by atoms with van der Waals surface area (Å²) in [6, 6.07) is 0.484. The molecule has 0 atom stereocenters. The normalized spacial score (nSPS) is 20.0. The Kier molecular flexibility index (Phi) is 2.97. The van der Waals surface area contributed by atoms with E-state index in [2.05, 4.69) is 24.7 Å². The predicted molar refractivity (Wildman–Crippen MR) is 53.0 cm³/mol. The van der Waals surface area contributed by atoms with Crippen molar-refractivity contribution in [3.8, 4) is 12.3 Å². The number of nitrogens with zero attached hydrogens (tertiary/aromatic N) is 2. The summed E-state index contributed by atoms with van der Waals surface area (Å²) < 4.78 is 0. The second-order valence-corrected chi connectivity index (χ2v) is 3.99. The summed E-state index contributed by atoms with van der Waals surface area (Å²) in [5, 5.41) is 1.88. The Morgan fingerprint density at radius 2 is 2.08 bits per heavy atom. The van der Waals surface area contributed by atoms with E-state index in [9.17, 15) is 0 Å². The molecule has 0 aromatic carbocycles. The van der Waals surface area contributed by atoms with E-state index in [1.807, 2.05) is 12.1 Å². The van der Waals surface area contributed by atoms with Crippen LogP contribution in [-0.4, -0.2) is 48.8 Å². The van der Waals surface area contributed by atoms with Gasteiger partial charge in [0, 0.05) is 20.1 Å². The van der Waals surface area contributed by atoms with Gasteiger partial charge in [-0.15, -0.1) is 6.42 Å². The van der Waals surface area contributed by atoms with E-state index in [1.165, 1.54) is 0 Å². The zero-order chi connectivity index (χ0) is 10.1. The predicted octanol–water partition coefficient (Wildman–Crippen LogP) is 0.576. The lowest BCUT2D eigenvalue weighted by molar-refractivity contribution is -0.181. The van der Waals surface area contributed by atoms with Crippen LogP contribution in [0.2, 0.25) is 0 Å². The highest BCUT2D eigenvalue weighted by molar-refractivity contribution is 5.12. The van der Waals surface area contributed by atoms with Gasteiger partial charge in [-0.05, 0) is 13.8 Å². The topological polar surface area (TPSA) is 15.7 Å². The SMILES string of the molecule is C#CC(C)(C)N1CC(N(C)OC)C1. The van der Waals surface area contributed by atoms with Crippen LogP contribution in [0.25, 0.3) is 0 Å². The van der Waals surface area contributed by atoms with Gasteiger partial charge in [0.2, 0.25) is 0 Å². The van der Waals surface area contributed by atoms with Crippen LogP contribution in [0.3, 0.4) is 0 Å². The molecule has 0 amide bonds. The first-order valence-electron chi connectivity index (χ1n) is 4.51. The highest BCUT2D eigenvalue weighted by Crippen LogP contribution is 2.23. The second-order valence-electron chi connectivity index (χ2n) is 3.99. The minimum Gasteiger partial charge on any atom is -0.302 e. The summed E-state index contributed by atoms with van der Waals surface area (Å²) >= 11 is 0. The van der Waals surface area contributed by atoms with Crippen molar-refractivity contribution in [3.63, 3.8) is 0 Å². The third-order valence-electron chi connectivity index (χ3n) is 2.81. The van der Waals surface area contributed by atoms with Gasteiger partial charge in [-0.3, -0.25) is 4.90 Å². The molecule has 0 radical (unpaired) electrons. The zero-order valence-electron chi connectivity index (χ0n) is 8.87. The van der Waals surface area contributed by atoms with Crippen molar-refractivity contribution in [2.45, 2.75) is 25.4 Å². The molecule has 1 heterocycles. The lowest BCUT2D eigenvalue weighted by Crippen LogP contribution is -2.64. The van der Waals surface area contributed by atoms with Crippen LogP contribution in [0.5, 0.6) is 0 Å². The standard InChI is InChI=1S/C10H18N2O/c1-6-10(2,3)12-7-9(8-12)11(4)13-5/h1,9H,7-8H2,2-5H3. The van der Waals surface area contributed by atoms with E-state index in [0.717, 1.165) is 13.1 Å². The fourth-order valence-corrected chi connectivity index (χ4v) is 1.38. The molecule has 0 unspecified atom stereocenters. The van der Waals surface area contributed by atoms with E-state index in [-0.39, 0.29) is 5.54 Å². The van der Waals surface area contributed by atoms with Crippen LogP contribution >= 0.6 is 0 Å². The van der Waals surface area contributed by atoms with Gasteiger partial charge in [0.25, 0.3) is 0 Å². The smallest absolute Gasteiger partial charge is 0.0767 e. The van der Waals surface area contributed by atoms with Gasteiger partial charge < -0.3 is 4.84 Å². The molecule has 0 bridgehead atoms. The third kappa shape index (κ3) is 2.02. The van der Waals surface area contributed by atoms with E-state index >= 15 is 0 Å². The Balaban J connectivity index is 2.38. The molecule has 1 saturated heterocycles. The minimum absolute atomic E-state index is 0.120. The van der Waals surface area contributed by atoms with Gasteiger partial charge in [0.1, 0.15) is 0 Å². The van der Waals surface area contributed by atoms with E-state index in [0.29, 0.717) is 6.04 Å². The van der Waals surface area contributed by atoms with Gasteiger partial charge in [0.05, 0.1) is 18.7 Å². The van der Waals surface area contributed by atoms with E-state index < -0.39 is 0 Å². The maximum absolute atomic E-state index is 5.43. The van der Waals surface area contributed by atoms with Crippen molar-refractivity contribution in [2.75, 3.05) is 27.2 Å². The van der Waals surface area contributed by atoms with Gasteiger partial charge in [-0.25, -0.2) is 0 Å². The lowest BCUT2D eigenvalue weighted by Gasteiger charge is -2.48. The highest BCUT2D eigenvalue weighted by Gasteiger charge is 2.38. The number of likely N-dealkylation sites (N-methyl/N-ethyl adjacent to an activating group) is 1. The lowest BCUT2D eigenvalue weighted by atomic mass is 9.96. The van der Waals surface area contributed by atoms with Gasteiger partial charge >= 0.3 is 0 Å². The molecule has 1 rings (SSSR count). The van der Waals surface area contributed by atoms with Gasteiger partial charge in [-0.1, -0.05) is 5.92 Å². The fraction of sp³-hybridized carbons (Fsp3) is 0.800. The molecule has 0 N–H and O–H groups in total. The molecule has 1 aliphatic rings. The first kappa shape index (κ1) is 10.5. The van der Waals surface area contributed by atoms with Gasteiger partial charge in [-0.2, -0.15) is 5.06 Å². The molecule has 1 aliphatic heterocycles. The number of likely N-dealkylation sites (tertiary alicyclic amines) is 1. The van der Waals surface area contributed by atoms with Crippen LogP contribution in [0, 0.1) is 12.3 Å². The zero-order valence-corrected chi connectivity index (χ0v) is 8.87. The van der Waals surface area contributed by atoms with E-state index in [4.69, 9.17) is 11.3 Å². The number of terminal acetylenes is 1. The first-order chi connectivity index (χ1) is 6.01. The fourth-order valence-electron chi connectivity index (χ4n) is 1.38. The maximum Gasteiger partial charge on any atom is 0.0767 e.